The summed E-state index contributed by atoms with van der Waals surface area (Å²) < 4.78 is 14.4. The van der Waals surface area contributed by atoms with Gasteiger partial charge in [0.15, 0.2) is 11.4 Å². The van der Waals surface area contributed by atoms with Gasteiger partial charge in [0.25, 0.3) is 5.91 Å². The third kappa shape index (κ3) is 2.54. The molecule has 1 spiro atoms. The summed E-state index contributed by atoms with van der Waals surface area (Å²) in [6, 6.07) is 5.72. The van der Waals surface area contributed by atoms with E-state index in [2.05, 4.69) is 10.4 Å². The van der Waals surface area contributed by atoms with Crippen molar-refractivity contribution in [1.82, 2.24) is 20.0 Å². The average molecular weight is 330 g/mol. The van der Waals surface area contributed by atoms with Crippen LogP contribution in [-0.2, 0) is 0 Å². The van der Waals surface area contributed by atoms with Crippen LogP contribution in [0.5, 0.6) is 5.75 Å². The van der Waals surface area contributed by atoms with Crippen molar-refractivity contribution < 1.29 is 14.3 Å². The topological polar surface area (TPSA) is 70.4 Å². The van der Waals surface area contributed by atoms with E-state index in [1.54, 1.807) is 17.0 Å². The van der Waals surface area contributed by atoms with E-state index < -0.39 is 0 Å². The fourth-order valence-corrected chi connectivity index (χ4v) is 3.65. The number of nitrogens with one attached hydrogen (secondary N) is 1. The van der Waals surface area contributed by atoms with Crippen LogP contribution in [0.25, 0.3) is 5.69 Å². The lowest BCUT2D eigenvalue weighted by Gasteiger charge is -2.22. The van der Waals surface area contributed by atoms with E-state index in [0.29, 0.717) is 18.8 Å². The third-order valence-corrected chi connectivity index (χ3v) is 5.05. The molecule has 6 nitrogen and oxygen atoms in total. The number of likely N-dealkylation sites (tertiary alicyclic amines) is 1. The number of hydrogen-bond acceptors (Lipinski definition) is 4. The zero-order valence-electron chi connectivity index (χ0n) is 13.2. The summed E-state index contributed by atoms with van der Waals surface area (Å²) in [6.07, 6.45) is 3.43. The molecule has 0 radical (unpaired) electrons. The predicted octanol–water partition coefficient (Wildman–Crippen LogP) is 1.54. The second-order valence-electron chi connectivity index (χ2n) is 6.69. The lowest BCUT2D eigenvalue weighted by atomic mass is 9.87. The molecule has 7 heteroatoms. The SMILES string of the molecule is O=C(c1nn(-c2ccc(F)cc2)cc1O)N1CCC2(CCNC2)C1. The minimum absolute atomic E-state index is 0.0438. The van der Waals surface area contributed by atoms with Crippen molar-refractivity contribution in [3.05, 3.63) is 42.0 Å². The van der Waals surface area contributed by atoms with Crippen molar-refractivity contribution in [3.8, 4) is 11.4 Å². The number of benzene rings is 1. The van der Waals surface area contributed by atoms with Gasteiger partial charge in [-0.15, -0.1) is 0 Å². The van der Waals surface area contributed by atoms with Crippen LogP contribution in [0.15, 0.2) is 30.5 Å². The molecule has 126 valence electrons. The zero-order valence-corrected chi connectivity index (χ0v) is 13.2. The first-order chi connectivity index (χ1) is 11.6. The normalized spacial score (nSPS) is 23.3. The van der Waals surface area contributed by atoms with Gasteiger partial charge in [0.05, 0.1) is 11.9 Å². The number of carbonyl (C=O) groups excluding carboxylic acids is 1. The van der Waals surface area contributed by atoms with Crippen molar-refractivity contribution >= 4 is 5.91 Å². The molecule has 1 atom stereocenters. The van der Waals surface area contributed by atoms with Gasteiger partial charge in [-0.1, -0.05) is 0 Å². The fourth-order valence-electron chi connectivity index (χ4n) is 3.65. The van der Waals surface area contributed by atoms with Gasteiger partial charge in [0.1, 0.15) is 5.82 Å². The van der Waals surface area contributed by atoms with Crippen LogP contribution in [0.3, 0.4) is 0 Å². The second-order valence-corrected chi connectivity index (χ2v) is 6.69. The summed E-state index contributed by atoms with van der Waals surface area (Å²) in [5.41, 5.74) is 0.802. The van der Waals surface area contributed by atoms with E-state index in [-0.39, 0.29) is 28.6 Å². The van der Waals surface area contributed by atoms with Crippen LogP contribution in [0.4, 0.5) is 4.39 Å². The Morgan fingerprint density at radius 1 is 1.29 bits per heavy atom. The Morgan fingerprint density at radius 2 is 2.08 bits per heavy atom. The highest BCUT2D eigenvalue weighted by Gasteiger charge is 2.42. The van der Waals surface area contributed by atoms with Crippen LogP contribution in [-0.4, -0.2) is 51.9 Å². The van der Waals surface area contributed by atoms with E-state index in [1.165, 1.54) is 23.0 Å². The Hall–Kier alpha value is -2.41. The van der Waals surface area contributed by atoms with Gasteiger partial charge in [-0.3, -0.25) is 4.79 Å². The van der Waals surface area contributed by atoms with E-state index in [1.807, 2.05) is 0 Å². The minimum Gasteiger partial charge on any atom is -0.504 e. The lowest BCUT2D eigenvalue weighted by Crippen LogP contribution is -2.33. The summed E-state index contributed by atoms with van der Waals surface area (Å²) in [5, 5.41) is 17.7. The van der Waals surface area contributed by atoms with Gasteiger partial charge in [-0.05, 0) is 43.7 Å². The molecule has 2 aromatic rings. The van der Waals surface area contributed by atoms with E-state index >= 15 is 0 Å². The van der Waals surface area contributed by atoms with Crippen LogP contribution < -0.4 is 5.32 Å². The number of amides is 1. The fraction of sp³-hybridized carbons (Fsp3) is 0.412. The van der Waals surface area contributed by atoms with E-state index in [0.717, 1.165) is 25.9 Å². The van der Waals surface area contributed by atoms with Crippen LogP contribution in [0.1, 0.15) is 23.3 Å². The first-order valence-electron chi connectivity index (χ1n) is 8.11. The lowest BCUT2D eigenvalue weighted by molar-refractivity contribution is 0.0766. The highest BCUT2D eigenvalue weighted by Crippen LogP contribution is 2.37. The Kier molecular flexibility index (Phi) is 3.53. The molecule has 1 unspecified atom stereocenters. The molecule has 4 rings (SSSR count). The molecular weight excluding hydrogens is 311 g/mol. The summed E-state index contributed by atoms with van der Waals surface area (Å²) >= 11 is 0. The number of carbonyl (C=O) groups is 1. The third-order valence-electron chi connectivity index (χ3n) is 5.05. The van der Waals surface area contributed by atoms with Gasteiger partial charge >= 0.3 is 0 Å². The molecule has 2 aliphatic heterocycles. The smallest absolute Gasteiger partial charge is 0.278 e. The molecule has 24 heavy (non-hydrogen) atoms. The Labute approximate surface area is 138 Å². The largest absolute Gasteiger partial charge is 0.504 e. The highest BCUT2D eigenvalue weighted by molar-refractivity contribution is 5.95. The molecule has 2 N–H and O–H groups in total. The van der Waals surface area contributed by atoms with Crippen LogP contribution in [0.2, 0.25) is 0 Å². The predicted molar refractivity (Wildman–Crippen MR) is 85.6 cm³/mol. The molecule has 1 amide bonds. The molecule has 3 heterocycles. The molecule has 0 saturated carbocycles. The monoisotopic (exact) mass is 330 g/mol. The second kappa shape index (κ2) is 5.59. The Balaban J connectivity index is 1.56. The molecule has 2 aliphatic rings. The van der Waals surface area contributed by atoms with Crippen molar-refractivity contribution in [2.75, 3.05) is 26.2 Å². The van der Waals surface area contributed by atoms with E-state index in [4.69, 9.17) is 0 Å². The van der Waals surface area contributed by atoms with Crippen molar-refractivity contribution in [2.45, 2.75) is 12.8 Å². The maximum Gasteiger partial charge on any atom is 0.278 e. The maximum absolute atomic E-state index is 13.0. The van der Waals surface area contributed by atoms with Gasteiger partial charge < -0.3 is 15.3 Å². The van der Waals surface area contributed by atoms with Gasteiger partial charge in [-0.25, -0.2) is 9.07 Å². The summed E-state index contributed by atoms with van der Waals surface area (Å²) in [5.74, 6) is -0.758. The Morgan fingerprint density at radius 3 is 2.79 bits per heavy atom. The maximum atomic E-state index is 13.0. The van der Waals surface area contributed by atoms with Crippen LogP contribution >= 0.6 is 0 Å². The first kappa shape index (κ1) is 15.1. The quantitative estimate of drug-likeness (QED) is 0.876. The van der Waals surface area contributed by atoms with Gasteiger partial charge in [0, 0.05) is 25.0 Å². The average Bonchev–Trinajstić information content (AvgIpc) is 3.29. The molecular formula is C17H19FN4O2. The Bertz CT molecular complexity index is 765. The number of rotatable bonds is 2. The van der Waals surface area contributed by atoms with Crippen LogP contribution in [0, 0.1) is 11.2 Å². The summed E-state index contributed by atoms with van der Waals surface area (Å²) in [7, 11) is 0. The minimum atomic E-state index is -0.348. The number of aromatic hydroxyl groups is 1. The molecule has 1 aromatic carbocycles. The van der Waals surface area contributed by atoms with Crippen molar-refractivity contribution in [1.29, 1.82) is 0 Å². The molecule has 0 aliphatic carbocycles. The molecule has 0 bridgehead atoms. The first-order valence-corrected chi connectivity index (χ1v) is 8.11. The molecule has 1 aromatic heterocycles. The zero-order chi connectivity index (χ0) is 16.7. The standard InChI is InChI=1S/C17H19FN4O2/c18-12-1-3-13(4-2-12)22-9-14(23)15(20-22)16(24)21-8-6-17(11-21)5-7-19-10-17/h1-4,9,19,23H,5-8,10-11H2. The van der Waals surface area contributed by atoms with E-state index in [9.17, 15) is 14.3 Å². The van der Waals surface area contributed by atoms with Gasteiger partial charge in [-0.2, -0.15) is 5.10 Å². The highest BCUT2D eigenvalue weighted by atomic mass is 19.1. The number of aromatic nitrogens is 2. The van der Waals surface area contributed by atoms with Crippen molar-refractivity contribution in [3.63, 3.8) is 0 Å². The summed E-state index contributed by atoms with van der Waals surface area (Å²) in [6.45, 7) is 3.31. The number of hydrogen-bond donors (Lipinski definition) is 2. The van der Waals surface area contributed by atoms with Crippen molar-refractivity contribution in [2.24, 2.45) is 5.41 Å². The van der Waals surface area contributed by atoms with Gasteiger partial charge in [0.2, 0.25) is 0 Å². The number of nitrogens with zero attached hydrogens (tertiary/aromatic N) is 3. The summed E-state index contributed by atoms with van der Waals surface area (Å²) in [4.78, 5) is 14.5. The number of halogens is 1. The molecule has 2 saturated heterocycles. The molecule has 2 fully saturated rings.